The Kier molecular flexibility index (Phi) is 3.87. The van der Waals surface area contributed by atoms with Crippen molar-refractivity contribution in [2.75, 3.05) is 0 Å². The summed E-state index contributed by atoms with van der Waals surface area (Å²) in [5.74, 6) is 0. The van der Waals surface area contributed by atoms with Gasteiger partial charge in [0.2, 0.25) is 0 Å². The molecule has 0 aliphatic carbocycles. The van der Waals surface area contributed by atoms with Gasteiger partial charge in [-0.05, 0) is 49.6 Å². The molecule has 0 spiro atoms. The van der Waals surface area contributed by atoms with Gasteiger partial charge in [0.25, 0.3) is 0 Å². The molecule has 1 aromatic carbocycles. The van der Waals surface area contributed by atoms with Crippen molar-refractivity contribution in [2.45, 2.75) is 39.8 Å². The molecule has 2 nitrogen and oxygen atoms in total. The maximum Gasteiger partial charge on any atom is 0.0472 e. The molecule has 0 aliphatic rings. The summed E-state index contributed by atoms with van der Waals surface area (Å²) in [6.07, 6.45) is 3.06. The Balaban J connectivity index is 2.18. The van der Waals surface area contributed by atoms with Crippen molar-refractivity contribution in [1.82, 2.24) is 4.57 Å². The lowest BCUT2D eigenvalue weighted by Crippen LogP contribution is -2.20. The van der Waals surface area contributed by atoms with Gasteiger partial charge in [-0.15, -0.1) is 0 Å². The van der Waals surface area contributed by atoms with Gasteiger partial charge in [-0.2, -0.15) is 0 Å². The van der Waals surface area contributed by atoms with Crippen molar-refractivity contribution in [3.8, 4) is 0 Å². The van der Waals surface area contributed by atoms with E-state index in [0.29, 0.717) is 0 Å². The van der Waals surface area contributed by atoms with Crippen LogP contribution in [0.3, 0.4) is 0 Å². The van der Waals surface area contributed by atoms with Crippen molar-refractivity contribution < 1.29 is 0 Å². The summed E-state index contributed by atoms with van der Waals surface area (Å²) in [6.45, 7) is 7.29. The fraction of sp³-hybridized carbons (Fsp3) is 0.375. The zero-order chi connectivity index (χ0) is 13.1. The highest BCUT2D eigenvalue weighted by atomic mass is 15.0. The molecule has 0 saturated heterocycles. The molecule has 1 unspecified atom stereocenters. The molecule has 0 saturated carbocycles. The van der Waals surface area contributed by atoms with E-state index in [1.165, 1.54) is 22.4 Å². The van der Waals surface area contributed by atoms with Crippen LogP contribution in [-0.2, 0) is 13.0 Å². The Labute approximate surface area is 109 Å². The van der Waals surface area contributed by atoms with Crippen LogP contribution in [0.2, 0.25) is 0 Å². The predicted octanol–water partition coefficient (Wildman–Crippen LogP) is 3.04. The van der Waals surface area contributed by atoms with E-state index < -0.39 is 0 Å². The Bertz CT molecular complexity index is 524. The minimum Gasteiger partial charge on any atom is -0.347 e. The highest BCUT2D eigenvalue weighted by Crippen LogP contribution is 2.13. The van der Waals surface area contributed by atoms with Crippen LogP contribution in [-0.4, -0.2) is 10.6 Å². The first-order chi connectivity index (χ1) is 8.56. The molecule has 0 bridgehead atoms. The summed E-state index contributed by atoms with van der Waals surface area (Å²) in [5, 5.41) is 0. The van der Waals surface area contributed by atoms with Crippen molar-refractivity contribution in [1.29, 1.82) is 0 Å². The number of aryl methyl sites for hydroxylation is 2. The summed E-state index contributed by atoms with van der Waals surface area (Å²) in [7, 11) is 0. The van der Waals surface area contributed by atoms with Crippen LogP contribution in [0, 0.1) is 13.8 Å². The maximum atomic E-state index is 5.88. The lowest BCUT2D eigenvalue weighted by Gasteiger charge is -2.12. The second-order valence-electron chi connectivity index (χ2n) is 5.23. The quantitative estimate of drug-likeness (QED) is 0.877. The number of aromatic nitrogens is 1. The van der Waals surface area contributed by atoms with Gasteiger partial charge in [-0.1, -0.05) is 18.2 Å². The van der Waals surface area contributed by atoms with Crippen molar-refractivity contribution >= 4 is 0 Å². The van der Waals surface area contributed by atoms with Gasteiger partial charge in [0, 0.05) is 30.9 Å². The summed E-state index contributed by atoms with van der Waals surface area (Å²) < 4.78 is 2.29. The zero-order valence-electron chi connectivity index (χ0n) is 11.5. The monoisotopic (exact) mass is 242 g/mol. The average molecular weight is 242 g/mol. The predicted molar refractivity (Wildman–Crippen MR) is 76.8 cm³/mol. The van der Waals surface area contributed by atoms with Crippen molar-refractivity contribution in [3.05, 3.63) is 58.9 Å². The number of rotatable bonds is 4. The Hall–Kier alpha value is -1.54. The molecular formula is C16H22N2. The van der Waals surface area contributed by atoms with Crippen LogP contribution in [0.15, 0.2) is 36.5 Å². The summed E-state index contributed by atoms with van der Waals surface area (Å²) >= 11 is 0. The van der Waals surface area contributed by atoms with Gasteiger partial charge in [-0.3, -0.25) is 0 Å². The molecular weight excluding hydrogens is 220 g/mol. The van der Waals surface area contributed by atoms with Gasteiger partial charge >= 0.3 is 0 Å². The molecule has 0 aliphatic heterocycles. The molecule has 0 radical (unpaired) electrons. The SMILES string of the molecule is Cc1ccc(Cn2cccc2CC(C)N)cc1C. The Morgan fingerprint density at radius 3 is 2.61 bits per heavy atom. The van der Waals surface area contributed by atoms with Crippen molar-refractivity contribution in [2.24, 2.45) is 5.73 Å². The minimum absolute atomic E-state index is 0.207. The first-order valence-corrected chi connectivity index (χ1v) is 6.52. The highest BCUT2D eigenvalue weighted by Gasteiger charge is 2.05. The molecule has 2 rings (SSSR count). The Morgan fingerprint density at radius 1 is 1.17 bits per heavy atom. The van der Waals surface area contributed by atoms with Gasteiger partial charge in [-0.25, -0.2) is 0 Å². The fourth-order valence-electron chi connectivity index (χ4n) is 2.22. The number of nitrogens with two attached hydrogens (primary N) is 1. The third-order valence-electron chi connectivity index (χ3n) is 3.38. The molecule has 96 valence electrons. The first-order valence-electron chi connectivity index (χ1n) is 6.52. The highest BCUT2D eigenvalue weighted by molar-refractivity contribution is 5.30. The third kappa shape index (κ3) is 3.02. The number of nitrogens with zero attached hydrogens (tertiary/aromatic N) is 1. The second-order valence-corrected chi connectivity index (χ2v) is 5.23. The minimum atomic E-state index is 0.207. The lowest BCUT2D eigenvalue weighted by molar-refractivity contribution is 0.666. The molecule has 2 heteroatoms. The van der Waals surface area contributed by atoms with Crippen LogP contribution < -0.4 is 5.73 Å². The first kappa shape index (κ1) is 12.9. The normalized spacial score (nSPS) is 12.7. The standard InChI is InChI=1S/C16H22N2/c1-12-6-7-15(9-13(12)2)11-18-8-4-5-16(18)10-14(3)17/h4-9,14H,10-11,17H2,1-3H3. The number of hydrogen-bond donors (Lipinski definition) is 1. The van der Waals surface area contributed by atoms with E-state index in [0.717, 1.165) is 13.0 Å². The van der Waals surface area contributed by atoms with Gasteiger partial charge in [0.1, 0.15) is 0 Å². The summed E-state index contributed by atoms with van der Waals surface area (Å²) in [4.78, 5) is 0. The maximum absolute atomic E-state index is 5.88. The van der Waals surface area contributed by atoms with Gasteiger partial charge in [0.05, 0.1) is 0 Å². The molecule has 0 fully saturated rings. The van der Waals surface area contributed by atoms with Gasteiger partial charge < -0.3 is 10.3 Å². The number of benzene rings is 1. The molecule has 2 N–H and O–H groups in total. The summed E-state index contributed by atoms with van der Waals surface area (Å²) in [5.41, 5.74) is 11.2. The molecule has 1 aromatic heterocycles. The largest absolute Gasteiger partial charge is 0.347 e. The van der Waals surface area contributed by atoms with E-state index >= 15 is 0 Å². The molecule has 2 aromatic rings. The van der Waals surface area contributed by atoms with E-state index in [9.17, 15) is 0 Å². The van der Waals surface area contributed by atoms with Crippen LogP contribution in [0.4, 0.5) is 0 Å². The van der Waals surface area contributed by atoms with Crippen LogP contribution >= 0.6 is 0 Å². The number of hydrogen-bond acceptors (Lipinski definition) is 1. The average Bonchev–Trinajstić information content (AvgIpc) is 2.70. The van der Waals surface area contributed by atoms with Crippen LogP contribution in [0.25, 0.3) is 0 Å². The summed E-state index contributed by atoms with van der Waals surface area (Å²) in [6, 6.07) is 11.1. The van der Waals surface area contributed by atoms with Gasteiger partial charge in [0.15, 0.2) is 0 Å². The van der Waals surface area contributed by atoms with E-state index in [4.69, 9.17) is 5.73 Å². The fourth-order valence-corrected chi connectivity index (χ4v) is 2.22. The third-order valence-corrected chi connectivity index (χ3v) is 3.38. The van der Waals surface area contributed by atoms with Crippen LogP contribution in [0.5, 0.6) is 0 Å². The van der Waals surface area contributed by atoms with E-state index in [1.807, 2.05) is 6.92 Å². The second kappa shape index (κ2) is 5.40. The molecule has 18 heavy (non-hydrogen) atoms. The topological polar surface area (TPSA) is 30.9 Å². The Morgan fingerprint density at radius 2 is 1.94 bits per heavy atom. The molecule has 1 atom stereocenters. The molecule has 0 amide bonds. The zero-order valence-corrected chi connectivity index (χ0v) is 11.5. The van der Waals surface area contributed by atoms with Crippen LogP contribution in [0.1, 0.15) is 29.3 Å². The van der Waals surface area contributed by atoms with E-state index in [2.05, 4.69) is 54.9 Å². The van der Waals surface area contributed by atoms with Crippen molar-refractivity contribution in [3.63, 3.8) is 0 Å². The molecule has 1 heterocycles. The lowest BCUT2D eigenvalue weighted by atomic mass is 10.1. The van der Waals surface area contributed by atoms with E-state index in [1.54, 1.807) is 0 Å². The smallest absolute Gasteiger partial charge is 0.0472 e. The van der Waals surface area contributed by atoms with E-state index in [-0.39, 0.29) is 6.04 Å².